The number of nitro groups is 1. The number of benzene rings is 1. The number of pyridine rings is 1. The van der Waals surface area contributed by atoms with Crippen LogP contribution in [0.5, 0.6) is 0 Å². The molecule has 0 bridgehead atoms. The molecule has 0 saturated heterocycles. The number of alkyl halides is 2. The smallest absolute Gasteiger partial charge is 0.270 e. The van der Waals surface area contributed by atoms with Crippen LogP contribution >= 0.6 is 0 Å². The maximum absolute atomic E-state index is 12.0. The molecule has 1 N–H and O–H groups in total. The Kier molecular flexibility index (Phi) is 3.31. The number of hydrogen-bond acceptors (Lipinski definition) is 4. The van der Waals surface area contributed by atoms with E-state index in [-0.39, 0.29) is 5.69 Å². The van der Waals surface area contributed by atoms with E-state index in [0.717, 1.165) is 0 Å². The molecule has 2 rings (SSSR count). The third-order valence-corrected chi connectivity index (χ3v) is 2.32. The van der Waals surface area contributed by atoms with Gasteiger partial charge in [-0.1, -0.05) is 0 Å². The molecule has 2 aromatic rings. The van der Waals surface area contributed by atoms with E-state index in [1.165, 1.54) is 24.3 Å². The van der Waals surface area contributed by atoms with Crippen molar-refractivity contribution in [2.24, 2.45) is 0 Å². The molecule has 1 heterocycles. The van der Waals surface area contributed by atoms with Crippen molar-refractivity contribution in [3.63, 3.8) is 0 Å². The molecule has 18 heavy (non-hydrogen) atoms. The predicted octanol–water partition coefficient (Wildman–Crippen LogP) is 2.82. The second-order valence-electron chi connectivity index (χ2n) is 3.60. The minimum Gasteiger partial charge on any atom is -0.364 e. The van der Waals surface area contributed by atoms with E-state index in [2.05, 4.69) is 10.3 Å². The fraction of sp³-hybridized carbons (Fsp3) is 0.182. The highest BCUT2D eigenvalue weighted by atomic mass is 19.3. The van der Waals surface area contributed by atoms with Gasteiger partial charge in [0.1, 0.15) is 5.82 Å². The van der Waals surface area contributed by atoms with E-state index in [1.54, 1.807) is 6.07 Å². The van der Waals surface area contributed by atoms with Crippen LogP contribution in [0.2, 0.25) is 0 Å². The summed E-state index contributed by atoms with van der Waals surface area (Å²) in [5.74, 6) is 0.316. The molecule has 0 saturated carbocycles. The molecule has 0 aliphatic heterocycles. The predicted molar refractivity (Wildman–Crippen MR) is 62.9 cm³/mol. The molecular weight excluding hydrogens is 244 g/mol. The topological polar surface area (TPSA) is 68.1 Å². The number of nitro benzene ring substituents is 1. The Balaban J connectivity index is 2.29. The summed E-state index contributed by atoms with van der Waals surface area (Å²) in [6.07, 6.45) is -2.46. The van der Waals surface area contributed by atoms with Crippen molar-refractivity contribution in [3.05, 3.63) is 40.4 Å². The van der Waals surface area contributed by atoms with Gasteiger partial charge >= 0.3 is 0 Å². The van der Waals surface area contributed by atoms with E-state index in [0.29, 0.717) is 16.7 Å². The molecule has 1 aromatic carbocycles. The maximum atomic E-state index is 12.0. The van der Waals surface area contributed by atoms with Gasteiger partial charge in [0.05, 0.1) is 17.0 Å². The summed E-state index contributed by atoms with van der Waals surface area (Å²) in [5, 5.41) is 13.6. The molecule has 0 atom stereocenters. The number of non-ortho nitro benzene ring substituents is 1. The first-order valence-corrected chi connectivity index (χ1v) is 5.13. The van der Waals surface area contributed by atoms with Crippen LogP contribution in [0.3, 0.4) is 0 Å². The molecule has 0 fully saturated rings. The first kappa shape index (κ1) is 12.2. The van der Waals surface area contributed by atoms with Gasteiger partial charge in [-0.25, -0.2) is 13.8 Å². The third-order valence-electron chi connectivity index (χ3n) is 2.32. The lowest BCUT2D eigenvalue weighted by Crippen LogP contribution is -2.11. The van der Waals surface area contributed by atoms with Crippen LogP contribution < -0.4 is 5.32 Å². The second-order valence-corrected chi connectivity index (χ2v) is 3.60. The van der Waals surface area contributed by atoms with Gasteiger partial charge in [0, 0.05) is 17.5 Å². The van der Waals surface area contributed by atoms with Crippen molar-refractivity contribution in [3.8, 4) is 0 Å². The number of aromatic nitrogens is 1. The van der Waals surface area contributed by atoms with Crippen molar-refractivity contribution in [1.29, 1.82) is 0 Å². The molecule has 7 heteroatoms. The van der Waals surface area contributed by atoms with Gasteiger partial charge in [-0.2, -0.15) is 0 Å². The summed E-state index contributed by atoms with van der Waals surface area (Å²) < 4.78 is 24.0. The molecule has 0 amide bonds. The van der Waals surface area contributed by atoms with Gasteiger partial charge in [0.2, 0.25) is 0 Å². The largest absolute Gasteiger partial charge is 0.364 e. The molecule has 0 aliphatic carbocycles. The van der Waals surface area contributed by atoms with E-state index in [1.807, 2.05) is 0 Å². The van der Waals surface area contributed by atoms with Crippen molar-refractivity contribution in [2.45, 2.75) is 6.43 Å². The first-order valence-electron chi connectivity index (χ1n) is 5.13. The van der Waals surface area contributed by atoms with E-state index >= 15 is 0 Å². The van der Waals surface area contributed by atoms with Crippen molar-refractivity contribution in [2.75, 3.05) is 11.9 Å². The van der Waals surface area contributed by atoms with Gasteiger partial charge in [-0.3, -0.25) is 10.1 Å². The molecule has 0 aliphatic rings. The van der Waals surface area contributed by atoms with Gasteiger partial charge in [-0.15, -0.1) is 0 Å². The van der Waals surface area contributed by atoms with Gasteiger partial charge in [0.15, 0.2) is 0 Å². The van der Waals surface area contributed by atoms with E-state index in [4.69, 9.17) is 0 Å². The zero-order valence-corrected chi connectivity index (χ0v) is 9.14. The highest BCUT2D eigenvalue weighted by Gasteiger charge is 2.08. The van der Waals surface area contributed by atoms with Gasteiger partial charge in [0.25, 0.3) is 12.1 Å². The van der Waals surface area contributed by atoms with E-state index < -0.39 is 17.9 Å². The lowest BCUT2D eigenvalue weighted by Gasteiger charge is -2.05. The number of anilines is 1. The first-order chi connectivity index (χ1) is 8.56. The van der Waals surface area contributed by atoms with Crippen LogP contribution in [0.25, 0.3) is 10.9 Å². The quantitative estimate of drug-likeness (QED) is 0.672. The number of rotatable bonds is 4. The number of nitrogens with zero attached hydrogens (tertiary/aromatic N) is 2. The molecule has 0 radical (unpaired) electrons. The molecule has 1 aromatic heterocycles. The molecule has 0 unspecified atom stereocenters. The second kappa shape index (κ2) is 4.91. The zero-order chi connectivity index (χ0) is 13.1. The Morgan fingerprint density at radius 2 is 2.11 bits per heavy atom. The van der Waals surface area contributed by atoms with E-state index in [9.17, 15) is 18.9 Å². The maximum Gasteiger partial charge on any atom is 0.270 e. The standard InChI is InChI=1S/C11H9F2N3O2/c12-10(13)6-14-11-4-1-7-5-8(16(17)18)2-3-9(7)15-11/h1-5,10H,6H2,(H,14,15). The normalized spacial score (nSPS) is 10.8. The summed E-state index contributed by atoms with van der Waals surface area (Å²) in [6.45, 7) is -0.481. The SMILES string of the molecule is O=[N+]([O-])c1ccc2nc(NCC(F)F)ccc2c1. The fourth-order valence-corrected chi connectivity index (χ4v) is 1.51. The monoisotopic (exact) mass is 253 g/mol. The summed E-state index contributed by atoms with van der Waals surface area (Å²) >= 11 is 0. The third kappa shape index (κ3) is 2.68. The lowest BCUT2D eigenvalue weighted by atomic mass is 10.2. The Morgan fingerprint density at radius 3 is 2.78 bits per heavy atom. The van der Waals surface area contributed by atoms with Crippen LogP contribution in [-0.4, -0.2) is 22.9 Å². The highest BCUT2D eigenvalue weighted by molar-refractivity contribution is 5.82. The minimum atomic E-state index is -2.46. The van der Waals surface area contributed by atoms with Crippen molar-refractivity contribution < 1.29 is 13.7 Å². The average molecular weight is 253 g/mol. The minimum absolute atomic E-state index is 0.0300. The Bertz CT molecular complexity index is 590. The summed E-state index contributed by atoms with van der Waals surface area (Å²) in [5.41, 5.74) is 0.484. The van der Waals surface area contributed by atoms with Gasteiger partial charge in [-0.05, 0) is 18.2 Å². The molecule has 94 valence electrons. The number of halogens is 2. The van der Waals surface area contributed by atoms with Crippen LogP contribution in [-0.2, 0) is 0 Å². The van der Waals surface area contributed by atoms with Crippen LogP contribution in [0.1, 0.15) is 0 Å². The number of nitrogens with one attached hydrogen (secondary N) is 1. The Morgan fingerprint density at radius 1 is 1.33 bits per heavy atom. The summed E-state index contributed by atoms with van der Waals surface area (Å²) in [6, 6.07) is 7.31. The number of hydrogen-bond donors (Lipinski definition) is 1. The summed E-state index contributed by atoms with van der Waals surface area (Å²) in [4.78, 5) is 14.2. The van der Waals surface area contributed by atoms with Crippen LogP contribution in [0, 0.1) is 10.1 Å². The number of fused-ring (bicyclic) bond motifs is 1. The van der Waals surface area contributed by atoms with Gasteiger partial charge < -0.3 is 5.32 Å². The average Bonchev–Trinajstić information content (AvgIpc) is 2.35. The zero-order valence-electron chi connectivity index (χ0n) is 9.14. The van der Waals surface area contributed by atoms with Crippen LogP contribution in [0.15, 0.2) is 30.3 Å². The molecule has 5 nitrogen and oxygen atoms in total. The van der Waals surface area contributed by atoms with Crippen molar-refractivity contribution >= 4 is 22.4 Å². The summed E-state index contributed by atoms with van der Waals surface area (Å²) in [7, 11) is 0. The highest BCUT2D eigenvalue weighted by Crippen LogP contribution is 2.21. The Labute approximate surface area is 101 Å². The molecular formula is C11H9F2N3O2. The molecule has 0 spiro atoms. The lowest BCUT2D eigenvalue weighted by molar-refractivity contribution is -0.384. The van der Waals surface area contributed by atoms with Crippen LogP contribution in [0.4, 0.5) is 20.3 Å². The van der Waals surface area contributed by atoms with Crippen molar-refractivity contribution in [1.82, 2.24) is 4.98 Å². The fourth-order valence-electron chi connectivity index (χ4n) is 1.51. The Hall–Kier alpha value is -2.31.